The maximum atomic E-state index is 6.20. The topological polar surface area (TPSA) is 27.1 Å². The number of hydrogen-bond acceptors (Lipinski definition) is 2. The van der Waals surface area contributed by atoms with Gasteiger partial charge in [0.15, 0.2) is 0 Å². The van der Waals surface area contributed by atoms with Crippen molar-refractivity contribution in [1.82, 2.24) is 9.55 Å². The minimum absolute atomic E-state index is 0.676. The number of methoxy groups -OCH3 is 1. The number of imidazole rings is 1. The molecule has 0 spiro atoms. The highest BCUT2D eigenvalue weighted by atomic mass is 35.5. The Morgan fingerprint density at radius 2 is 2.12 bits per heavy atom. The third kappa shape index (κ3) is 2.29. The van der Waals surface area contributed by atoms with E-state index in [1.165, 1.54) is 0 Å². The molecule has 0 aliphatic rings. The molecular formula is C13H15ClN2O. The summed E-state index contributed by atoms with van der Waals surface area (Å²) in [7, 11) is 1.65. The number of rotatable bonds is 3. The number of aryl methyl sites for hydroxylation is 1. The third-order valence-electron chi connectivity index (χ3n) is 2.97. The molecular weight excluding hydrogens is 236 g/mol. The lowest BCUT2D eigenvalue weighted by atomic mass is 10.2. The fourth-order valence-corrected chi connectivity index (χ4v) is 1.98. The molecule has 0 saturated heterocycles. The van der Waals surface area contributed by atoms with E-state index in [2.05, 4.69) is 9.55 Å². The van der Waals surface area contributed by atoms with Crippen LogP contribution in [0.3, 0.4) is 0 Å². The maximum absolute atomic E-state index is 6.20. The zero-order valence-electron chi connectivity index (χ0n) is 10.2. The SMILES string of the molecule is COc1cccc(Cl)c1Cn1cnc(C)c1C. The summed E-state index contributed by atoms with van der Waals surface area (Å²) in [6.45, 7) is 4.72. The molecule has 2 aromatic rings. The van der Waals surface area contributed by atoms with Gasteiger partial charge in [0.2, 0.25) is 0 Å². The summed E-state index contributed by atoms with van der Waals surface area (Å²) in [5, 5.41) is 0.718. The molecule has 0 amide bonds. The summed E-state index contributed by atoms with van der Waals surface area (Å²) >= 11 is 6.20. The molecule has 1 aromatic carbocycles. The van der Waals surface area contributed by atoms with E-state index in [0.717, 1.165) is 27.7 Å². The van der Waals surface area contributed by atoms with Gasteiger partial charge in [-0.15, -0.1) is 0 Å². The van der Waals surface area contributed by atoms with Gasteiger partial charge < -0.3 is 9.30 Å². The molecule has 1 heterocycles. The molecule has 0 atom stereocenters. The van der Waals surface area contributed by atoms with Crippen molar-refractivity contribution in [3.63, 3.8) is 0 Å². The molecule has 0 saturated carbocycles. The average Bonchev–Trinajstić information content (AvgIpc) is 2.63. The van der Waals surface area contributed by atoms with Crippen molar-refractivity contribution in [3.05, 3.63) is 46.5 Å². The van der Waals surface area contributed by atoms with E-state index in [-0.39, 0.29) is 0 Å². The van der Waals surface area contributed by atoms with Gasteiger partial charge in [-0.2, -0.15) is 0 Å². The highest BCUT2D eigenvalue weighted by Crippen LogP contribution is 2.27. The molecule has 0 bridgehead atoms. The van der Waals surface area contributed by atoms with Crippen LogP contribution in [0.5, 0.6) is 5.75 Å². The van der Waals surface area contributed by atoms with Gasteiger partial charge in [0, 0.05) is 16.3 Å². The van der Waals surface area contributed by atoms with E-state index < -0.39 is 0 Å². The molecule has 3 nitrogen and oxygen atoms in total. The Bertz CT molecular complexity index is 534. The molecule has 1 aromatic heterocycles. The molecule has 17 heavy (non-hydrogen) atoms. The van der Waals surface area contributed by atoms with Gasteiger partial charge in [-0.25, -0.2) is 4.98 Å². The van der Waals surface area contributed by atoms with Gasteiger partial charge in [0.05, 0.1) is 25.7 Å². The van der Waals surface area contributed by atoms with Crippen LogP contribution in [0.1, 0.15) is 17.0 Å². The molecule has 90 valence electrons. The lowest BCUT2D eigenvalue weighted by Gasteiger charge is -2.12. The fourth-order valence-electron chi connectivity index (χ4n) is 1.76. The van der Waals surface area contributed by atoms with Crippen molar-refractivity contribution in [2.75, 3.05) is 7.11 Å². The van der Waals surface area contributed by atoms with Gasteiger partial charge in [0.25, 0.3) is 0 Å². The zero-order chi connectivity index (χ0) is 12.4. The Labute approximate surface area is 106 Å². The normalized spacial score (nSPS) is 10.6. The van der Waals surface area contributed by atoms with Crippen LogP contribution in [0.25, 0.3) is 0 Å². The van der Waals surface area contributed by atoms with Gasteiger partial charge in [-0.05, 0) is 26.0 Å². The molecule has 0 N–H and O–H groups in total. The van der Waals surface area contributed by atoms with Crippen molar-refractivity contribution in [2.24, 2.45) is 0 Å². The summed E-state index contributed by atoms with van der Waals surface area (Å²) in [6.07, 6.45) is 1.83. The number of nitrogens with zero attached hydrogens (tertiary/aromatic N) is 2. The first kappa shape index (κ1) is 12.0. The van der Waals surface area contributed by atoms with Crippen LogP contribution in [-0.2, 0) is 6.54 Å². The zero-order valence-corrected chi connectivity index (χ0v) is 11.0. The Kier molecular flexibility index (Phi) is 3.38. The summed E-state index contributed by atoms with van der Waals surface area (Å²) in [5.74, 6) is 0.809. The number of benzene rings is 1. The first-order chi connectivity index (χ1) is 8.13. The minimum Gasteiger partial charge on any atom is -0.496 e. The second-order valence-corrected chi connectivity index (χ2v) is 4.37. The number of aromatic nitrogens is 2. The fraction of sp³-hybridized carbons (Fsp3) is 0.308. The number of ether oxygens (including phenoxy) is 1. The van der Waals surface area contributed by atoms with E-state index >= 15 is 0 Å². The summed E-state index contributed by atoms with van der Waals surface area (Å²) < 4.78 is 7.40. The molecule has 0 fully saturated rings. The third-order valence-corrected chi connectivity index (χ3v) is 3.32. The molecule has 4 heteroatoms. The minimum atomic E-state index is 0.676. The Balaban J connectivity index is 2.39. The van der Waals surface area contributed by atoms with Gasteiger partial charge in [-0.1, -0.05) is 17.7 Å². The van der Waals surface area contributed by atoms with E-state index in [0.29, 0.717) is 6.54 Å². The van der Waals surface area contributed by atoms with Crippen molar-refractivity contribution in [3.8, 4) is 5.75 Å². The average molecular weight is 251 g/mol. The monoisotopic (exact) mass is 250 g/mol. The first-order valence-electron chi connectivity index (χ1n) is 5.43. The summed E-state index contributed by atoms with van der Waals surface area (Å²) in [5.41, 5.74) is 3.17. The van der Waals surface area contributed by atoms with Crippen LogP contribution >= 0.6 is 11.6 Å². The Morgan fingerprint density at radius 1 is 1.35 bits per heavy atom. The molecule has 0 unspecified atom stereocenters. The van der Waals surface area contributed by atoms with Gasteiger partial charge in [0.1, 0.15) is 5.75 Å². The van der Waals surface area contributed by atoms with Gasteiger partial charge >= 0.3 is 0 Å². The van der Waals surface area contributed by atoms with E-state index in [9.17, 15) is 0 Å². The Hall–Kier alpha value is -1.48. The number of hydrogen-bond donors (Lipinski definition) is 0. The van der Waals surface area contributed by atoms with Crippen LogP contribution in [0.2, 0.25) is 5.02 Å². The van der Waals surface area contributed by atoms with Crippen LogP contribution < -0.4 is 4.74 Å². The standard InChI is InChI=1S/C13H15ClN2O/c1-9-10(2)16(8-15-9)7-11-12(14)5-4-6-13(11)17-3/h4-6,8H,7H2,1-3H3. The van der Waals surface area contributed by atoms with Crippen molar-refractivity contribution < 1.29 is 4.74 Å². The second-order valence-electron chi connectivity index (χ2n) is 3.96. The lowest BCUT2D eigenvalue weighted by Crippen LogP contribution is -2.03. The van der Waals surface area contributed by atoms with Crippen LogP contribution in [-0.4, -0.2) is 16.7 Å². The van der Waals surface area contributed by atoms with E-state index in [4.69, 9.17) is 16.3 Å². The molecule has 2 rings (SSSR count). The number of halogens is 1. The van der Waals surface area contributed by atoms with Crippen LogP contribution in [0.15, 0.2) is 24.5 Å². The van der Waals surface area contributed by atoms with Gasteiger partial charge in [-0.3, -0.25) is 0 Å². The van der Waals surface area contributed by atoms with Crippen molar-refractivity contribution in [2.45, 2.75) is 20.4 Å². The Morgan fingerprint density at radius 3 is 2.71 bits per heavy atom. The first-order valence-corrected chi connectivity index (χ1v) is 5.81. The molecule has 0 aliphatic heterocycles. The smallest absolute Gasteiger partial charge is 0.125 e. The predicted octanol–water partition coefficient (Wildman–Crippen LogP) is 3.21. The molecule has 0 aliphatic carbocycles. The second kappa shape index (κ2) is 4.80. The summed E-state index contributed by atoms with van der Waals surface area (Å²) in [6, 6.07) is 5.68. The largest absolute Gasteiger partial charge is 0.496 e. The predicted molar refractivity (Wildman–Crippen MR) is 68.8 cm³/mol. The highest BCUT2D eigenvalue weighted by Gasteiger charge is 2.10. The van der Waals surface area contributed by atoms with E-state index in [1.54, 1.807) is 7.11 Å². The van der Waals surface area contributed by atoms with Crippen molar-refractivity contribution >= 4 is 11.6 Å². The van der Waals surface area contributed by atoms with Crippen molar-refractivity contribution in [1.29, 1.82) is 0 Å². The maximum Gasteiger partial charge on any atom is 0.125 e. The molecule has 0 radical (unpaired) electrons. The summed E-state index contributed by atoms with van der Waals surface area (Å²) in [4.78, 5) is 4.28. The van der Waals surface area contributed by atoms with Crippen LogP contribution in [0.4, 0.5) is 0 Å². The quantitative estimate of drug-likeness (QED) is 0.837. The van der Waals surface area contributed by atoms with E-state index in [1.807, 2.05) is 38.4 Å². The highest BCUT2D eigenvalue weighted by molar-refractivity contribution is 6.31. The lowest BCUT2D eigenvalue weighted by molar-refractivity contribution is 0.408. The van der Waals surface area contributed by atoms with Crippen LogP contribution in [0, 0.1) is 13.8 Å².